The molecule has 0 aromatic heterocycles. The van der Waals surface area contributed by atoms with Crippen LogP contribution < -0.4 is 11.1 Å². The van der Waals surface area contributed by atoms with E-state index in [2.05, 4.69) is 31.3 Å². The van der Waals surface area contributed by atoms with Gasteiger partial charge in [-0.1, -0.05) is 38.1 Å². The molecule has 0 saturated carbocycles. The summed E-state index contributed by atoms with van der Waals surface area (Å²) in [5.74, 6) is 0.643. The van der Waals surface area contributed by atoms with Gasteiger partial charge in [0.2, 0.25) is 0 Å². The van der Waals surface area contributed by atoms with Crippen molar-refractivity contribution in [3.8, 4) is 0 Å². The molecule has 82 valence electrons. The number of carbonyl (C=O) groups is 1. The van der Waals surface area contributed by atoms with E-state index in [4.69, 9.17) is 5.73 Å². The van der Waals surface area contributed by atoms with Crippen molar-refractivity contribution in [3.63, 3.8) is 0 Å². The number of nitrogens with one attached hydrogen (secondary N) is 1. The van der Waals surface area contributed by atoms with Gasteiger partial charge in [0.1, 0.15) is 0 Å². The van der Waals surface area contributed by atoms with Gasteiger partial charge in [0.05, 0.1) is 0 Å². The molecule has 0 spiro atoms. The largest absolute Gasteiger partial charge is 0.352 e. The lowest BCUT2D eigenvalue weighted by atomic mass is 10.0. The monoisotopic (exact) mass is 206 g/mol. The summed E-state index contributed by atoms with van der Waals surface area (Å²) in [6, 6.07) is 7.73. The zero-order valence-electron chi connectivity index (χ0n) is 9.29. The molecule has 0 heterocycles. The molecule has 2 amide bonds. The highest BCUT2D eigenvalue weighted by atomic mass is 16.2. The van der Waals surface area contributed by atoms with Gasteiger partial charge in [0, 0.05) is 6.54 Å². The molecular weight excluding hydrogens is 188 g/mol. The third-order valence-electron chi connectivity index (χ3n) is 2.10. The van der Waals surface area contributed by atoms with Crippen LogP contribution in [0.4, 0.5) is 4.79 Å². The highest BCUT2D eigenvalue weighted by molar-refractivity contribution is 5.71. The van der Waals surface area contributed by atoms with E-state index >= 15 is 0 Å². The molecule has 15 heavy (non-hydrogen) atoms. The lowest BCUT2D eigenvalue weighted by Crippen LogP contribution is -2.28. The molecule has 0 aliphatic heterocycles. The first kappa shape index (κ1) is 11.6. The number of urea groups is 1. The molecule has 0 radical (unpaired) electrons. The van der Waals surface area contributed by atoms with E-state index in [9.17, 15) is 4.79 Å². The topological polar surface area (TPSA) is 55.1 Å². The Morgan fingerprint density at radius 3 is 2.67 bits per heavy atom. The second-order valence-corrected chi connectivity index (χ2v) is 4.14. The molecule has 0 bridgehead atoms. The van der Waals surface area contributed by atoms with Crippen molar-refractivity contribution in [1.29, 1.82) is 0 Å². The maximum absolute atomic E-state index is 10.5. The summed E-state index contributed by atoms with van der Waals surface area (Å²) >= 11 is 0. The molecule has 3 nitrogen and oxygen atoms in total. The lowest BCUT2D eigenvalue weighted by Gasteiger charge is -2.07. The Labute approximate surface area is 90.7 Å². The Morgan fingerprint density at radius 1 is 1.40 bits per heavy atom. The zero-order valence-corrected chi connectivity index (χ0v) is 9.29. The van der Waals surface area contributed by atoms with Gasteiger partial charge in [0.25, 0.3) is 0 Å². The summed E-state index contributed by atoms with van der Waals surface area (Å²) in [5, 5.41) is 2.58. The summed E-state index contributed by atoms with van der Waals surface area (Å²) < 4.78 is 0. The highest BCUT2D eigenvalue weighted by Crippen LogP contribution is 2.10. The Morgan fingerprint density at radius 2 is 2.07 bits per heavy atom. The van der Waals surface area contributed by atoms with Crippen LogP contribution in [0.5, 0.6) is 0 Å². The van der Waals surface area contributed by atoms with E-state index in [1.165, 1.54) is 5.56 Å². The summed E-state index contributed by atoms with van der Waals surface area (Å²) in [5.41, 5.74) is 7.40. The van der Waals surface area contributed by atoms with Crippen LogP contribution in [0.25, 0.3) is 0 Å². The van der Waals surface area contributed by atoms with Gasteiger partial charge in [-0.15, -0.1) is 0 Å². The predicted molar refractivity (Wildman–Crippen MR) is 61.4 cm³/mol. The molecule has 1 aromatic carbocycles. The molecule has 0 saturated heterocycles. The quantitative estimate of drug-likeness (QED) is 0.778. The van der Waals surface area contributed by atoms with Crippen molar-refractivity contribution in [3.05, 3.63) is 35.4 Å². The summed E-state index contributed by atoms with van der Waals surface area (Å²) in [6.07, 6.45) is 1.06. The fraction of sp³-hybridized carbons (Fsp3) is 0.417. The molecule has 0 unspecified atom stereocenters. The minimum atomic E-state index is -0.482. The number of amides is 2. The average molecular weight is 206 g/mol. The zero-order chi connectivity index (χ0) is 11.3. The van der Waals surface area contributed by atoms with Gasteiger partial charge >= 0.3 is 6.03 Å². The molecule has 1 rings (SSSR count). The van der Waals surface area contributed by atoms with Gasteiger partial charge in [-0.25, -0.2) is 4.79 Å². The van der Waals surface area contributed by atoms with Gasteiger partial charge < -0.3 is 11.1 Å². The van der Waals surface area contributed by atoms with E-state index in [1.54, 1.807) is 0 Å². The van der Waals surface area contributed by atoms with E-state index in [1.807, 2.05) is 12.1 Å². The lowest BCUT2D eigenvalue weighted by molar-refractivity contribution is 0.248. The molecule has 0 atom stereocenters. The number of hydrogen-bond donors (Lipinski definition) is 2. The Balaban J connectivity index is 2.61. The van der Waals surface area contributed by atoms with E-state index in [0.29, 0.717) is 12.5 Å². The predicted octanol–water partition coefficient (Wildman–Crippen LogP) is 2.05. The SMILES string of the molecule is CC(C)Cc1cccc(CNC(N)=O)c1. The van der Waals surface area contributed by atoms with Crippen LogP contribution in [0.3, 0.4) is 0 Å². The van der Waals surface area contributed by atoms with Crippen molar-refractivity contribution < 1.29 is 4.79 Å². The third-order valence-corrected chi connectivity index (χ3v) is 2.10. The molecular formula is C12H18N2O. The van der Waals surface area contributed by atoms with Crippen LogP contribution in [0.2, 0.25) is 0 Å². The summed E-state index contributed by atoms with van der Waals surface area (Å²) in [7, 11) is 0. The summed E-state index contributed by atoms with van der Waals surface area (Å²) in [6.45, 7) is 4.88. The fourth-order valence-electron chi connectivity index (χ4n) is 1.53. The van der Waals surface area contributed by atoms with E-state index in [0.717, 1.165) is 12.0 Å². The number of benzene rings is 1. The Kier molecular flexibility index (Phi) is 4.16. The highest BCUT2D eigenvalue weighted by Gasteiger charge is 2.00. The normalized spacial score (nSPS) is 10.3. The first-order valence-corrected chi connectivity index (χ1v) is 5.19. The minimum absolute atomic E-state index is 0.482. The summed E-state index contributed by atoms with van der Waals surface area (Å²) in [4.78, 5) is 10.5. The third kappa shape index (κ3) is 4.49. The van der Waals surface area contributed by atoms with Crippen LogP contribution in [-0.4, -0.2) is 6.03 Å². The van der Waals surface area contributed by atoms with Crippen molar-refractivity contribution in [1.82, 2.24) is 5.32 Å². The second kappa shape index (κ2) is 5.39. The van der Waals surface area contributed by atoms with Crippen LogP contribution in [0, 0.1) is 5.92 Å². The van der Waals surface area contributed by atoms with Crippen molar-refractivity contribution in [2.75, 3.05) is 0 Å². The maximum Gasteiger partial charge on any atom is 0.312 e. The van der Waals surface area contributed by atoms with E-state index < -0.39 is 6.03 Å². The van der Waals surface area contributed by atoms with Crippen LogP contribution in [-0.2, 0) is 13.0 Å². The first-order chi connectivity index (χ1) is 7.08. The Bertz CT molecular complexity index is 334. The molecule has 3 N–H and O–H groups in total. The Hall–Kier alpha value is -1.51. The number of nitrogens with two attached hydrogens (primary N) is 1. The molecule has 0 aliphatic rings. The smallest absolute Gasteiger partial charge is 0.312 e. The first-order valence-electron chi connectivity index (χ1n) is 5.19. The van der Waals surface area contributed by atoms with Crippen molar-refractivity contribution >= 4 is 6.03 Å². The van der Waals surface area contributed by atoms with Crippen LogP contribution >= 0.6 is 0 Å². The fourth-order valence-corrected chi connectivity index (χ4v) is 1.53. The molecule has 1 aromatic rings. The molecule has 0 fully saturated rings. The minimum Gasteiger partial charge on any atom is -0.352 e. The average Bonchev–Trinajstić information content (AvgIpc) is 2.14. The van der Waals surface area contributed by atoms with Gasteiger partial charge in [-0.3, -0.25) is 0 Å². The van der Waals surface area contributed by atoms with Gasteiger partial charge in [0.15, 0.2) is 0 Å². The maximum atomic E-state index is 10.5. The van der Waals surface area contributed by atoms with E-state index in [-0.39, 0.29) is 0 Å². The number of carbonyl (C=O) groups excluding carboxylic acids is 1. The number of hydrogen-bond acceptors (Lipinski definition) is 1. The van der Waals surface area contributed by atoms with Crippen molar-refractivity contribution in [2.24, 2.45) is 11.7 Å². The molecule has 0 aliphatic carbocycles. The standard InChI is InChI=1S/C12H18N2O/c1-9(2)6-10-4-3-5-11(7-10)8-14-12(13)15/h3-5,7,9H,6,8H2,1-2H3,(H3,13,14,15). The van der Waals surface area contributed by atoms with Gasteiger partial charge in [-0.2, -0.15) is 0 Å². The van der Waals surface area contributed by atoms with Crippen LogP contribution in [0.1, 0.15) is 25.0 Å². The second-order valence-electron chi connectivity index (χ2n) is 4.14. The van der Waals surface area contributed by atoms with Gasteiger partial charge in [-0.05, 0) is 23.5 Å². The molecule has 3 heteroatoms. The number of primary amides is 1. The number of rotatable bonds is 4. The van der Waals surface area contributed by atoms with Crippen LogP contribution in [0.15, 0.2) is 24.3 Å². The van der Waals surface area contributed by atoms with Crippen molar-refractivity contribution in [2.45, 2.75) is 26.8 Å².